The van der Waals surface area contributed by atoms with Crippen molar-refractivity contribution in [2.75, 3.05) is 32.7 Å². The number of methoxy groups -OCH3 is 2. The second-order valence-electron chi connectivity index (χ2n) is 7.37. The van der Waals surface area contributed by atoms with Crippen LogP contribution in [-0.4, -0.2) is 67.9 Å². The molecule has 1 N–H and O–H groups in total. The van der Waals surface area contributed by atoms with Gasteiger partial charge in [-0.05, 0) is 25.3 Å². The maximum atomic E-state index is 12.4. The van der Waals surface area contributed by atoms with Crippen molar-refractivity contribution in [2.45, 2.75) is 19.8 Å². The van der Waals surface area contributed by atoms with Crippen molar-refractivity contribution in [1.82, 2.24) is 4.90 Å². The number of nitrogens with zero attached hydrogens (tertiary/aromatic N) is 1. The number of nitrogens with one attached hydrogen (secondary N) is 1. The Labute approximate surface area is 192 Å². The number of imide groups is 1. The zero-order valence-electron chi connectivity index (χ0n) is 18.2. The fourth-order valence-corrected chi connectivity index (χ4v) is 4.87. The summed E-state index contributed by atoms with van der Waals surface area (Å²) in [5.41, 5.74) is 0.250. The Bertz CT molecular complexity index is 1030. The van der Waals surface area contributed by atoms with Crippen molar-refractivity contribution in [3.63, 3.8) is 0 Å². The molecule has 0 saturated carbocycles. The van der Waals surface area contributed by atoms with Gasteiger partial charge in [0.15, 0.2) is 6.61 Å². The minimum Gasteiger partial charge on any atom is -0.465 e. The molecule has 1 aliphatic carbocycles. The number of anilines is 1. The molecule has 1 fully saturated rings. The van der Waals surface area contributed by atoms with E-state index in [1.165, 1.54) is 14.0 Å². The number of amides is 3. The van der Waals surface area contributed by atoms with E-state index >= 15 is 0 Å². The van der Waals surface area contributed by atoms with Gasteiger partial charge in [-0.15, -0.1) is 11.3 Å². The van der Waals surface area contributed by atoms with Gasteiger partial charge in [-0.25, -0.2) is 9.59 Å². The van der Waals surface area contributed by atoms with Gasteiger partial charge in [-0.3, -0.25) is 24.1 Å². The van der Waals surface area contributed by atoms with Gasteiger partial charge in [-0.2, -0.15) is 0 Å². The second kappa shape index (κ2) is 9.94. The fraction of sp³-hybridized carbons (Fsp3) is 0.429. The van der Waals surface area contributed by atoms with Gasteiger partial charge < -0.3 is 19.5 Å². The predicted octanol–water partition coefficient (Wildman–Crippen LogP) is 1.06. The Hall–Kier alpha value is -3.54. The number of allylic oxidation sites excluding steroid dienone is 2. The number of rotatable bonds is 7. The van der Waals surface area contributed by atoms with Gasteiger partial charge in [0, 0.05) is 0 Å². The van der Waals surface area contributed by atoms with Crippen molar-refractivity contribution in [3.8, 4) is 0 Å². The van der Waals surface area contributed by atoms with Gasteiger partial charge in [0.1, 0.15) is 16.4 Å². The molecule has 0 radical (unpaired) electrons. The van der Waals surface area contributed by atoms with Crippen LogP contribution in [0.2, 0.25) is 0 Å². The minimum atomic E-state index is -0.927. The van der Waals surface area contributed by atoms with Gasteiger partial charge in [0.25, 0.3) is 5.91 Å². The highest BCUT2D eigenvalue weighted by Gasteiger charge is 2.47. The summed E-state index contributed by atoms with van der Waals surface area (Å²) in [6.45, 7) is 0.187. The molecule has 1 aromatic rings. The topological polar surface area (TPSA) is 145 Å². The molecule has 1 aliphatic heterocycles. The first-order valence-corrected chi connectivity index (χ1v) is 10.8. The van der Waals surface area contributed by atoms with Crippen LogP contribution >= 0.6 is 11.3 Å². The maximum Gasteiger partial charge on any atom is 0.348 e. The lowest BCUT2D eigenvalue weighted by Crippen LogP contribution is -2.37. The summed E-state index contributed by atoms with van der Waals surface area (Å²) >= 11 is 0.812. The Morgan fingerprint density at radius 2 is 1.61 bits per heavy atom. The molecule has 0 spiro atoms. The van der Waals surface area contributed by atoms with E-state index in [0.29, 0.717) is 12.8 Å². The zero-order chi connectivity index (χ0) is 24.3. The van der Waals surface area contributed by atoms with Crippen LogP contribution in [0.4, 0.5) is 5.00 Å². The van der Waals surface area contributed by atoms with Crippen molar-refractivity contribution in [3.05, 3.63) is 28.2 Å². The molecule has 1 aromatic heterocycles. The molecule has 2 unspecified atom stereocenters. The number of likely N-dealkylation sites (tertiary alicyclic amines) is 1. The first-order valence-electron chi connectivity index (χ1n) is 9.95. The number of hydrogen-bond donors (Lipinski definition) is 1. The van der Waals surface area contributed by atoms with Gasteiger partial charge in [-0.1, -0.05) is 12.2 Å². The number of fused-ring (bicyclic) bond motifs is 1. The molecule has 3 rings (SSSR count). The lowest BCUT2D eigenvalue weighted by molar-refractivity contribution is -0.154. The van der Waals surface area contributed by atoms with Crippen molar-refractivity contribution in [2.24, 2.45) is 11.8 Å². The Kier molecular flexibility index (Phi) is 7.26. The molecule has 0 aromatic carbocycles. The van der Waals surface area contributed by atoms with E-state index in [0.717, 1.165) is 23.3 Å². The van der Waals surface area contributed by atoms with E-state index in [-0.39, 0.29) is 21.0 Å². The lowest BCUT2D eigenvalue weighted by atomic mass is 9.85. The molecule has 2 heterocycles. The van der Waals surface area contributed by atoms with E-state index < -0.39 is 60.6 Å². The van der Waals surface area contributed by atoms with E-state index in [4.69, 9.17) is 9.47 Å². The first kappa shape index (κ1) is 24.1. The highest BCUT2D eigenvalue weighted by molar-refractivity contribution is 7.18. The number of ether oxygens (including phenoxy) is 3. The number of hydrogen-bond acceptors (Lipinski definition) is 10. The van der Waals surface area contributed by atoms with Crippen molar-refractivity contribution >= 4 is 52.0 Å². The quantitative estimate of drug-likeness (QED) is 0.263. The summed E-state index contributed by atoms with van der Waals surface area (Å²) in [4.78, 5) is 74.3. The van der Waals surface area contributed by atoms with Crippen LogP contribution in [0.1, 0.15) is 38.4 Å². The average molecular weight is 478 g/mol. The van der Waals surface area contributed by atoms with Gasteiger partial charge >= 0.3 is 17.9 Å². The highest BCUT2D eigenvalue weighted by atomic mass is 32.1. The molecule has 0 bridgehead atoms. The standard InChI is InChI=1S/C21H22N2O9S/c1-10-15(20(28)30-2)17(33-16(10)21(29)31-3)22-13(24)9-32-14(25)8-23-18(26)11-6-4-5-7-12(11)19(23)27/h4-5,11-12H,6-9H2,1-3H3,(H,22,24). The maximum absolute atomic E-state index is 12.4. The van der Waals surface area contributed by atoms with E-state index in [1.807, 2.05) is 12.2 Å². The third-order valence-electron chi connectivity index (χ3n) is 5.41. The molecule has 2 atom stereocenters. The Morgan fingerprint density at radius 3 is 2.15 bits per heavy atom. The Balaban J connectivity index is 1.61. The van der Waals surface area contributed by atoms with Gasteiger partial charge in [0.05, 0.1) is 31.6 Å². The molecular weight excluding hydrogens is 456 g/mol. The van der Waals surface area contributed by atoms with Crippen LogP contribution in [0, 0.1) is 18.8 Å². The number of thiophene rings is 1. The summed E-state index contributed by atoms with van der Waals surface area (Å²) in [7, 11) is 2.33. The third kappa shape index (κ3) is 4.80. The second-order valence-corrected chi connectivity index (χ2v) is 8.39. The van der Waals surface area contributed by atoms with E-state index in [9.17, 15) is 28.8 Å². The van der Waals surface area contributed by atoms with E-state index in [2.05, 4.69) is 10.1 Å². The number of esters is 3. The molecular formula is C21H22N2O9S. The number of carbonyl (C=O) groups is 6. The van der Waals surface area contributed by atoms with E-state index in [1.54, 1.807) is 0 Å². The van der Waals surface area contributed by atoms with Crippen LogP contribution in [0.25, 0.3) is 0 Å². The molecule has 176 valence electrons. The predicted molar refractivity (Wildman–Crippen MR) is 113 cm³/mol. The molecule has 11 nitrogen and oxygen atoms in total. The summed E-state index contributed by atoms with van der Waals surface area (Å²) in [6, 6.07) is 0. The van der Waals surface area contributed by atoms with Crippen LogP contribution in [0.3, 0.4) is 0 Å². The molecule has 33 heavy (non-hydrogen) atoms. The Morgan fingerprint density at radius 1 is 1.03 bits per heavy atom. The largest absolute Gasteiger partial charge is 0.465 e. The van der Waals surface area contributed by atoms with Crippen LogP contribution in [0.5, 0.6) is 0 Å². The highest BCUT2D eigenvalue weighted by Crippen LogP contribution is 2.35. The summed E-state index contributed by atoms with van der Waals surface area (Å²) in [6.07, 6.45) is 4.55. The first-order chi connectivity index (χ1) is 15.7. The van der Waals surface area contributed by atoms with Crippen molar-refractivity contribution < 1.29 is 43.0 Å². The average Bonchev–Trinajstić information content (AvgIpc) is 3.25. The molecule has 2 aliphatic rings. The zero-order valence-corrected chi connectivity index (χ0v) is 19.0. The lowest BCUT2D eigenvalue weighted by Gasteiger charge is -2.14. The monoisotopic (exact) mass is 478 g/mol. The van der Waals surface area contributed by atoms with Crippen molar-refractivity contribution in [1.29, 1.82) is 0 Å². The third-order valence-corrected chi connectivity index (χ3v) is 6.60. The normalized spacial score (nSPS) is 19.2. The summed E-state index contributed by atoms with van der Waals surface area (Å²) < 4.78 is 14.3. The van der Waals surface area contributed by atoms with Crippen LogP contribution < -0.4 is 5.32 Å². The minimum absolute atomic E-state index is 0.0212. The molecule has 12 heteroatoms. The van der Waals surface area contributed by atoms with Crippen LogP contribution in [-0.2, 0) is 33.4 Å². The van der Waals surface area contributed by atoms with Crippen LogP contribution in [0.15, 0.2) is 12.2 Å². The summed E-state index contributed by atoms with van der Waals surface area (Å²) in [5, 5.41) is 2.44. The van der Waals surface area contributed by atoms with Gasteiger partial charge in [0.2, 0.25) is 11.8 Å². The smallest absolute Gasteiger partial charge is 0.348 e. The SMILES string of the molecule is COC(=O)c1sc(NC(=O)COC(=O)CN2C(=O)C3CC=CCC3C2=O)c(C(=O)OC)c1C. The summed E-state index contributed by atoms with van der Waals surface area (Å²) in [5.74, 6) is -4.97. The number of carbonyl (C=O) groups excluding carboxylic acids is 6. The molecule has 3 amide bonds. The molecule has 1 saturated heterocycles. The fourth-order valence-electron chi connectivity index (χ4n) is 3.75.